The molecule has 0 spiro atoms. The van der Waals surface area contributed by atoms with E-state index >= 15 is 0 Å². The van der Waals surface area contributed by atoms with Crippen molar-refractivity contribution in [2.24, 2.45) is 0 Å². The van der Waals surface area contributed by atoms with Crippen LogP contribution in [0.3, 0.4) is 0 Å². The summed E-state index contributed by atoms with van der Waals surface area (Å²) < 4.78 is 42.6. The lowest BCUT2D eigenvalue weighted by Crippen LogP contribution is -2.09. The van der Waals surface area contributed by atoms with Gasteiger partial charge in [-0.05, 0) is 12.1 Å². The van der Waals surface area contributed by atoms with E-state index in [0.717, 1.165) is 18.5 Å². The van der Waals surface area contributed by atoms with Crippen LogP contribution in [0.25, 0.3) is 0 Å². The number of carbonyl (C=O) groups is 1. The summed E-state index contributed by atoms with van der Waals surface area (Å²) in [5, 5.41) is 0. The maximum Gasteiger partial charge on any atom is 0.416 e. The second-order valence-electron chi connectivity index (χ2n) is 3.85. The summed E-state index contributed by atoms with van der Waals surface area (Å²) in [6, 6.07) is 5.43. The first kappa shape index (κ1) is 14.0. The summed E-state index contributed by atoms with van der Waals surface area (Å²) >= 11 is 0. The number of aromatic nitrogens is 2. The number of carbonyl (C=O) groups excluding carboxylic acids is 1. The molecule has 104 valence electrons. The lowest BCUT2D eigenvalue weighted by Gasteiger charge is -2.08. The molecule has 1 aromatic heterocycles. The highest BCUT2D eigenvalue weighted by atomic mass is 19.4. The number of methoxy groups -OCH3 is 1. The number of benzene rings is 1. The first-order valence-electron chi connectivity index (χ1n) is 5.50. The maximum atomic E-state index is 12.6. The second kappa shape index (κ2) is 5.28. The third-order valence-corrected chi connectivity index (χ3v) is 2.54. The van der Waals surface area contributed by atoms with E-state index in [-0.39, 0.29) is 17.1 Å². The minimum atomic E-state index is -4.50. The van der Waals surface area contributed by atoms with Gasteiger partial charge < -0.3 is 4.74 Å². The molecule has 0 saturated heterocycles. The number of hydrogen-bond donors (Lipinski definition) is 0. The van der Waals surface area contributed by atoms with Gasteiger partial charge in [-0.25, -0.2) is 9.97 Å². The van der Waals surface area contributed by atoms with Crippen molar-refractivity contribution < 1.29 is 22.7 Å². The predicted octanol–water partition coefficient (Wildman–Crippen LogP) is 2.74. The Hall–Kier alpha value is -2.44. The molecule has 0 amide bonds. The standard InChI is InChI=1S/C13H9F3N2O2/c1-20-11-6-10(17-7-18-11)12(19)8-3-2-4-9(5-8)13(14,15)16/h2-7H,1H3. The first-order valence-corrected chi connectivity index (χ1v) is 5.50. The molecule has 0 fully saturated rings. The summed E-state index contributed by atoms with van der Waals surface area (Å²) in [6.07, 6.45) is -3.39. The van der Waals surface area contributed by atoms with E-state index in [1.54, 1.807) is 0 Å². The minimum Gasteiger partial charge on any atom is -0.481 e. The average Bonchev–Trinajstić information content (AvgIpc) is 2.46. The van der Waals surface area contributed by atoms with Crippen LogP contribution in [0.5, 0.6) is 5.88 Å². The molecule has 2 aromatic rings. The van der Waals surface area contributed by atoms with E-state index < -0.39 is 17.5 Å². The van der Waals surface area contributed by atoms with E-state index in [1.807, 2.05) is 0 Å². The van der Waals surface area contributed by atoms with Crippen LogP contribution >= 0.6 is 0 Å². The third kappa shape index (κ3) is 2.93. The molecule has 0 aliphatic rings. The summed E-state index contributed by atoms with van der Waals surface area (Å²) in [7, 11) is 1.36. The minimum absolute atomic E-state index is 0.0313. The van der Waals surface area contributed by atoms with Crippen molar-refractivity contribution in [2.45, 2.75) is 6.18 Å². The van der Waals surface area contributed by atoms with Crippen molar-refractivity contribution in [3.8, 4) is 5.88 Å². The first-order chi connectivity index (χ1) is 9.41. The quantitative estimate of drug-likeness (QED) is 0.812. The summed E-state index contributed by atoms with van der Waals surface area (Å²) in [4.78, 5) is 19.5. The maximum absolute atomic E-state index is 12.6. The van der Waals surface area contributed by atoms with Crippen molar-refractivity contribution in [2.75, 3.05) is 7.11 Å². The van der Waals surface area contributed by atoms with Crippen molar-refractivity contribution in [3.63, 3.8) is 0 Å². The van der Waals surface area contributed by atoms with E-state index in [0.29, 0.717) is 0 Å². The second-order valence-corrected chi connectivity index (χ2v) is 3.85. The number of rotatable bonds is 3. The molecule has 0 unspecified atom stereocenters. The summed E-state index contributed by atoms with van der Waals surface area (Å²) in [6.45, 7) is 0. The lowest BCUT2D eigenvalue weighted by molar-refractivity contribution is -0.137. The SMILES string of the molecule is COc1cc(C(=O)c2cccc(C(F)(F)F)c2)ncn1. The van der Waals surface area contributed by atoms with Gasteiger partial charge in [0.1, 0.15) is 12.0 Å². The summed E-state index contributed by atoms with van der Waals surface area (Å²) in [5.74, 6) is -0.466. The molecule has 0 bridgehead atoms. The molecule has 20 heavy (non-hydrogen) atoms. The van der Waals surface area contributed by atoms with Crippen LogP contribution < -0.4 is 4.74 Å². The zero-order valence-corrected chi connectivity index (χ0v) is 10.3. The van der Waals surface area contributed by atoms with E-state index in [1.165, 1.54) is 25.3 Å². The number of ketones is 1. The lowest BCUT2D eigenvalue weighted by atomic mass is 10.0. The van der Waals surface area contributed by atoms with Crippen LogP contribution in [0, 0.1) is 0 Å². The average molecular weight is 282 g/mol. The van der Waals surface area contributed by atoms with Gasteiger partial charge in [-0.1, -0.05) is 12.1 Å². The molecule has 0 saturated carbocycles. The van der Waals surface area contributed by atoms with Gasteiger partial charge in [-0.2, -0.15) is 13.2 Å². The van der Waals surface area contributed by atoms with Gasteiger partial charge >= 0.3 is 6.18 Å². The monoisotopic (exact) mass is 282 g/mol. The summed E-state index contributed by atoms with van der Waals surface area (Å²) in [5.41, 5.74) is -1.01. The Labute approximate surface area is 112 Å². The van der Waals surface area contributed by atoms with E-state index in [2.05, 4.69) is 9.97 Å². The van der Waals surface area contributed by atoms with Crippen LogP contribution in [0.2, 0.25) is 0 Å². The topological polar surface area (TPSA) is 52.1 Å². The Morgan fingerprint density at radius 1 is 1.20 bits per heavy atom. The highest BCUT2D eigenvalue weighted by Gasteiger charge is 2.31. The molecule has 0 radical (unpaired) electrons. The zero-order chi connectivity index (χ0) is 14.8. The number of hydrogen-bond acceptors (Lipinski definition) is 4. The van der Waals surface area contributed by atoms with Gasteiger partial charge in [-0.3, -0.25) is 4.79 Å². The van der Waals surface area contributed by atoms with Crippen molar-refractivity contribution in [1.29, 1.82) is 0 Å². The van der Waals surface area contributed by atoms with Crippen LogP contribution in [0.1, 0.15) is 21.6 Å². The van der Waals surface area contributed by atoms with Gasteiger partial charge in [0.05, 0.1) is 12.7 Å². The molecule has 1 aromatic carbocycles. The van der Waals surface area contributed by atoms with Gasteiger partial charge in [0, 0.05) is 11.6 Å². The molecular weight excluding hydrogens is 273 g/mol. The number of alkyl halides is 3. The fourth-order valence-corrected chi connectivity index (χ4v) is 1.56. The predicted molar refractivity (Wildman–Crippen MR) is 63.5 cm³/mol. The molecule has 4 nitrogen and oxygen atoms in total. The molecule has 0 aliphatic heterocycles. The fraction of sp³-hybridized carbons (Fsp3) is 0.154. The van der Waals surface area contributed by atoms with Gasteiger partial charge in [-0.15, -0.1) is 0 Å². The largest absolute Gasteiger partial charge is 0.481 e. The van der Waals surface area contributed by atoms with Crippen LogP contribution in [-0.2, 0) is 6.18 Å². The van der Waals surface area contributed by atoms with Crippen LogP contribution in [-0.4, -0.2) is 22.9 Å². The molecule has 0 atom stereocenters. The molecule has 7 heteroatoms. The Bertz CT molecular complexity index is 642. The smallest absolute Gasteiger partial charge is 0.416 e. The Morgan fingerprint density at radius 2 is 1.95 bits per heavy atom. The number of halogens is 3. The van der Waals surface area contributed by atoms with E-state index in [9.17, 15) is 18.0 Å². The van der Waals surface area contributed by atoms with Gasteiger partial charge in [0.15, 0.2) is 0 Å². The number of nitrogens with zero attached hydrogens (tertiary/aromatic N) is 2. The molecule has 1 heterocycles. The van der Waals surface area contributed by atoms with Crippen molar-refractivity contribution in [3.05, 3.63) is 53.5 Å². The van der Waals surface area contributed by atoms with Crippen molar-refractivity contribution >= 4 is 5.78 Å². The fourth-order valence-electron chi connectivity index (χ4n) is 1.56. The Balaban J connectivity index is 2.38. The van der Waals surface area contributed by atoms with Crippen LogP contribution in [0.15, 0.2) is 36.7 Å². The third-order valence-electron chi connectivity index (χ3n) is 2.54. The normalized spacial score (nSPS) is 11.2. The van der Waals surface area contributed by atoms with Gasteiger partial charge in [0.25, 0.3) is 0 Å². The number of ether oxygens (including phenoxy) is 1. The van der Waals surface area contributed by atoms with E-state index in [4.69, 9.17) is 4.74 Å². The molecule has 0 N–H and O–H groups in total. The molecule has 0 aliphatic carbocycles. The highest BCUT2D eigenvalue weighted by Crippen LogP contribution is 2.29. The Morgan fingerprint density at radius 3 is 2.60 bits per heavy atom. The van der Waals surface area contributed by atoms with Gasteiger partial charge in [0.2, 0.25) is 11.7 Å². The highest BCUT2D eigenvalue weighted by molar-refractivity contribution is 6.07. The Kier molecular flexibility index (Phi) is 3.69. The zero-order valence-electron chi connectivity index (χ0n) is 10.3. The molecule has 2 rings (SSSR count). The van der Waals surface area contributed by atoms with Crippen molar-refractivity contribution in [1.82, 2.24) is 9.97 Å². The molecular formula is C13H9F3N2O2. The van der Waals surface area contributed by atoms with Crippen LogP contribution in [0.4, 0.5) is 13.2 Å².